The van der Waals surface area contributed by atoms with E-state index < -0.39 is 9.84 Å². The van der Waals surface area contributed by atoms with Crippen molar-refractivity contribution in [1.82, 2.24) is 0 Å². The van der Waals surface area contributed by atoms with E-state index >= 15 is 0 Å². The lowest BCUT2D eigenvalue weighted by atomic mass is 9.99. The van der Waals surface area contributed by atoms with Gasteiger partial charge in [0.2, 0.25) is 6.54 Å². The smallest absolute Gasteiger partial charge is 0.204 e. The second-order valence-corrected chi connectivity index (χ2v) is 5.74. The number of nitro groups is 1. The average molecular weight is 207 g/mol. The molecule has 0 atom stereocenters. The quantitative estimate of drug-likeness (QED) is 0.498. The van der Waals surface area contributed by atoms with Crippen LogP contribution in [0.15, 0.2) is 0 Å². The third-order valence-electron chi connectivity index (χ3n) is 2.39. The summed E-state index contributed by atoms with van der Waals surface area (Å²) >= 11 is 0. The molecular weight excluding hydrogens is 194 g/mol. The van der Waals surface area contributed by atoms with E-state index in [2.05, 4.69) is 0 Å². The molecule has 1 heterocycles. The summed E-state index contributed by atoms with van der Waals surface area (Å²) in [4.78, 5) is 9.71. The first-order chi connectivity index (χ1) is 5.99. The Labute approximate surface area is 77.2 Å². The molecule has 76 valence electrons. The van der Waals surface area contributed by atoms with E-state index in [0.29, 0.717) is 19.3 Å². The van der Waals surface area contributed by atoms with Crippen molar-refractivity contribution in [2.45, 2.75) is 19.3 Å². The van der Waals surface area contributed by atoms with Crippen LogP contribution in [0.3, 0.4) is 0 Å². The molecule has 0 aromatic carbocycles. The second kappa shape index (κ2) is 4.04. The molecule has 13 heavy (non-hydrogen) atoms. The Balaban J connectivity index is 2.29. The number of hydrogen-bond donors (Lipinski definition) is 0. The summed E-state index contributed by atoms with van der Waals surface area (Å²) < 4.78 is 22.0. The molecule has 6 heteroatoms. The highest BCUT2D eigenvalue weighted by Gasteiger charge is 2.24. The third kappa shape index (κ3) is 3.71. The summed E-state index contributed by atoms with van der Waals surface area (Å²) in [5, 5.41) is 10.1. The average Bonchev–Trinajstić information content (AvgIpc) is 2.02. The molecule has 5 nitrogen and oxygen atoms in total. The molecule has 1 fully saturated rings. The predicted octanol–water partition coefficient (Wildman–Crippen LogP) is 0.478. The van der Waals surface area contributed by atoms with Crippen LogP contribution in [0.25, 0.3) is 0 Å². The van der Waals surface area contributed by atoms with E-state index in [4.69, 9.17) is 0 Å². The van der Waals surface area contributed by atoms with Crippen molar-refractivity contribution in [3.63, 3.8) is 0 Å². The minimum atomic E-state index is -2.82. The fraction of sp³-hybridized carbons (Fsp3) is 1.00. The van der Waals surface area contributed by atoms with Gasteiger partial charge in [-0.05, 0) is 18.8 Å². The van der Waals surface area contributed by atoms with E-state index in [9.17, 15) is 18.5 Å². The van der Waals surface area contributed by atoms with Gasteiger partial charge in [-0.2, -0.15) is 0 Å². The lowest BCUT2D eigenvalue weighted by Gasteiger charge is -2.19. The molecule has 1 aliphatic rings. The fourth-order valence-corrected chi connectivity index (χ4v) is 3.10. The first-order valence-corrected chi connectivity index (χ1v) is 6.14. The topological polar surface area (TPSA) is 77.3 Å². The van der Waals surface area contributed by atoms with E-state index in [1.165, 1.54) is 0 Å². The van der Waals surface area contributed by atoms with Crippen molar-refractivity contribution in [3.05, 3.63) is 10.1 Å². The summed E-state index contributed by atoms with van der Waals surface area (Å²) in [6, 6.07) is 0. The lowest BCUT2D eigenvalue weighted by Crippen LogP contribution is -2.24. The summed E-state index contributed by atoms with van der Waals surface area (Å²) in [5.41, 5.74) is 0. The number of nitrogens with zero attached hydrogens (tertiary/aromatic N) is 1. The van der Waals surface area contributed by atoms with Gasteiger partial charge in [-0.15, -0.1) is 0 Å². The highest BCUT2D eigenvalue weighted by atomic mass is 32.2. The molecule has 0 aromatic rings. The van der Waals surface area contributed by atoms with Crippen molar-refractivity contribution in [1.29, 1.82) is 0 Å². The Morgan fingerprint density at radius 3 is 2.31 bits per heavy atom. The van der Waals surface area contributed by atoms with Gasteiger partial charge in [0.15, 0.2) is 0 Å². The molecule has 1 aliphatic heterocycles. The summed E-state index contributed by atoms with van der Waals surface area (Å²) in [5.74, 6) is 0.638. The summed E-state index contributed by atoms with van der Waals surface area (Å²) in [6.07, 6.45) is 1.70. The van der Waals surface area contributed by atoms with Crippen molar-refractivity contribution >= 4 is 9.84 Å². The number of sulfone groups is 1. The Morgan fingerprint density at radius 1 is 1.31 bits per heavy atom. The maximum Gasteiger partial charge on any atom is 0.204 e. The van der Waals surface area contributed by atoms with Crippen LogP contribution in [-0.2, 0) is 9.84 Å². The number of hydrogen-bond acceptors (Lipinski definition) is 4. The molecule has 0 saturated carbocycles. The van der Waals surface area contributed by atoms with E-state index in [0.717, 1.165) is 0 Å². The normalized spacial score (nSPS) is 22.8. The molecule has 0 N–H and O–H groups in total. The predicted molar refractivity (Wildman–Crippen MR) is 47.9 cm³/mol. The van der Waals surface area contributed by atoms with Crippen molar-refractivity contribution in [2.24, 2.45) is 5.92 Å². The van der Waals surface area contributed by atoms with Gasteiger partial charge in [-0.25, -0.2) is 8.42 Å². The third-order valence-corrected chi connectivity index (χ3v) is 4.11. The standard InChI is InChI=1S/C7H13NO4S/c9-8(10)4-1-7-2-5-13(11,12)6-3-7/h7H,1-6H2. The van der Waals surface area contributed by atoms with Gasteiger partial charge in [0.25, 0.3) is 0 Å². The van der Waals surface area contributed by atoms with E-state index in [-0.39, 0.29) is 28.9 Å². The zero-order chi connectivity index (χ0) is 9.90. The maximum absolute atomic E-state index is 11.0. The van der Waals surface area contributed by atoms with Crippen LogP contribution in [0.1, 0.15) is 19.3 Å². The van der Waals surface area contributed by atoms with Crippen LogP contribution in [0.5, 0.6) is 0 Å². The van der Waals surface area contributed by atoms with Crippen LogP contribution in [0.2, 0.25) is 0 Å². The van der Waals surface area contributed by atoms with Gasteiger partial charge < -0.3 is 0 Å². The molecule has 0 amide bonds. The highest BCUT2D eigenvalue weighted by Crippen LogP contribution is 2.21. The van der Waals surface area contributed by atoms with Crippen molar-refractivity contribution in [3.8, 4) is 0 Å². The minimum Gasteiger partial charge on any atom is -0.265 e. The van der Waals surface area contributed by atoms with E-state index in [1.807, 2.05) is 0 Å². The van der Waals surface area contributed by atoms with Crippen LogP contribution in [-0.4, -0.2) is 31.4 Å². The molecular formula is C7H13NO4S. The SMILES string of the molecule is O=[N+]([O-])CCC1CCS(=O)(=O)CC1. The van der Waals surface area contributed by atoms with Crippen LogP contribution >= 0.6 is 0 Å². The summed E-state index contributed by atoms with van der Waals surface area (Å²) in [7, 11) is -2.82. The lowest BCUT2D eigenvalue weighted by molar-refractivity contribution is -0.481. The Kier molecular flexibility index (Phi) is 3.24. The molecule has 0 radical (unpaired) electrons. The zero-order valence-electron chi connectivity index (χ0n) is 7.31. The first-order valence-electron chi connectivity index (χ1n) is 4.32. The van der Waals surface area contributed by atoms with Crippen LogP contribution < -0.4 is 0 Å². The second-order valence-electron chi connectivity index (χ2n) is 3.44. The van der Waals surface area contributed by atoms with Crippen molar-refractivity contribution in [2.75, 3.05) is 18.1 Å². The summed E-state index contributed by atoms with van der Waals surface area (Å²) in [6.45, 7) is -0.0370. The Hall–Kier alpha value is -0.650. The Bertz CT molecular complexity index is 271. The number of rotatable bonds is 3. The van der Waals surface area contributed by atoms with Crippen molar-refractivity contribution < 1.29 is 13.3 Å². The molecule has 0 aliphatic carbocycles. The van der Waals surface area contributed by atoms with Gasteiger partial charge in [0.1, 0.15) is 9.84 Å². The van der Waals surface area contributed by atoms with Crippen LogP contribution in [0, 0.1) is 16.0 Å². The maximum atomic E-state index is 11.0. The molecule has 0 unspecified atom stereocenters. The highest BCUT2D eigenvalue weighted by molar-refractivity contribution is 7.91. The fourth-order valence-electron chi connectivity index (χ4n) is 1.52. The van der Waals surface area contributed by atoms with Gasteiger partial charge in [-0.1, -0.05) is 0 Å². The Morgan fingerprint density at radius 2 is 1.85 bits per heavy atom. The van der Waals surface area contributed by atoms with Gasteiger partial charge in [0, 0.05) is 11.3 Å². The molecule has 1 saturated heterocycles. The van der Waals surface area contributed by atoms with E-state index in [1.54, 1.807) is 0 Å². The monoisotopic (exact) mass is 207 g/mol. The first kappa shape index (κ1) is 10.4. The molecule has 0 aromatic heterocycles. The van der Waals surface area contributed by atoms with Gasteiger partial charge in [-0.3, -0.25) is 10.1 Å². The largest absolute Gasteiger partial charge is 0.265 e. The molecule has 0 spiro atoms. The molecule has 1 rings (SSSR count). The molecule has 0 bridgehead atoms. The van der Waals surface area contributed by atoms with Gasteiger partial charge >= 0.3 is 0 Å². The van der Waals surface area contributed by atoms with Crippen LogP contribution in [0.4, 0.5) is 0 Å². The zero-order valence-corrected chi connectivity index (χ0v) is 8.12. The van der Waals surface area contributed by atoms with Gasteiger partial charge in [0.05, 0.1) is 11.5 Å². The minimum absolute atomic E-state index is 0.0370.